The van der Waals surface area contributed by atoms with Crippen LogP contribution in [-0.4, -0.2) is 25.2 Å². The van der Waals surface area contributed by atoms with Gasteiger partial charge >= 0.3 is 5.97 Å². The zero-order valence-corrected chi connectivity index (χ0v) is 6.67. The third kappa shape index (κ3) is 1.13. The van der Waals surface area contributed by atoms with Gasteiger partial charge in [0.2, 0.25) is 0 Å². The topological polar surface area (TPSA) is 38.3 Å². The third-order valence-corrected chi connectivity index (χ3v) is 2.55. The smallest absolute Gasteiger partial charge is 0.323 e. The van der Waals surface area contributed by atoms with Crippen molar-refractivity contribution in [2.45, 2.75) is 19.4 Å². The van der Waals surface area contributed by atoms with Gasteiger partial charge in [-0.05, 0) is 31.7 Å². The van der Waals surface area contributed by atoms with Gasteiger partial charge in [-0.1, -0.05) is 0 Å². The van der Waals surface area contributed by atoms with E-state index in [2.05, 4.69) is 5.32 Å². The first-order valence-corrected chi connectivity index (χ1v) is 4.23. The maximum absolute atomic E-state index is 11.2. The SMILES string of the molecule is CCOC(=O)C1NC[C@@H]2C[C@@H]12. The maximum Gasteiger partial charge on any atom is 0.323 e. The standard InChI is InChI=1S/C8H13NO2/c1-2-11-8(10)7-6-3-5(6)4-9-7/h5-7,9H,2-4H2,1H3/t5-,6+,7?/m0/s1. The second-order valence-corrected chi connectivity index (χ2v) is 3.30. The number of piperidine rings is 1. The van der Waals surface area contributed by atoms with Crippen molar-refractivity contribution < 1.29 is 9.53 Å². The molecule has 2 fully saturated rings. The Morgan fingerprint density at radius 2 is 2.55 bits per heavy atom. The Morgan fingerprint density at radius 3 is 3.00 bits per heavy atom. The minimum atomic E-state index is -0.0579. The highest BCUT2D eigenvalue weighted by molar-refractivity contribution is 5.77. The first-order valence-electron chi connectivity index (χ1n) is 4.23. The molecule has 2 rings (SSSR count). The van der Waals surface area contributed by atoms with Crippen LogP contribution in [0.25, 0.3) is 0 Å². The van der Waals surface area contributed by atoms with Gasteiger partial charge in [0, 0.05) is 0 Å². The number of hydrogen-bond donors (Lipinski definition) is 1. The van der Waals surface area contributed by atoms with Crippen molar-refractivity contribution in [3.8, 4) is 0 Å². The van der Waals surface area contributed by atoms with Crippen molar-refractivity contribution in [3.05, 3.63) is 0 Å². The van der Waals surface area contributed by atoms with Crippen molar-refractivity contribution in [2.75, 3.05) is 13.2 Å². The molecule has 0 aromatic rings. The number of carbonyl (C=O) groups excluding carboxylic acids is 1. The van der Waals surface area contributed by atoms with E-state index in [9.17, 15) is 4.79 Å². The fourth-order valence-corrected chi connectivity index (χ4v) is 1.83. The summed E-state index contributed by atoms with van der Waals surface area (Å²) in [7, 11) is 0. The predicted octanol–water partition coefficient (Wildman–Crippen LogP) is 0.157. The average molecular weight is 155 g/mol. The summed E-state index contributed by atoms with van der Waals surface area (Å²) in [5, 5.41) is 3.17. The second kappa shape index (κ2) is 2.48. The van der Waals surface area contributed by atoms with Crippen molar-refractivity contribution in [1.29, 1.82) is 0 Å². The van der Waals surface area contributed by atoms with Gasteiger partial charge in [0.15, 0.2) is 0 Å². The molecule has 3 heteroatoms. The summed E-state index contributed by atoms with van der Waals surface area (Å²) in [6.07, 6.45) is 1.22. The van der Waals surface area contributed by atoms with E-state index in [0.717, 1.165) is 12.5 Å². The molecule has 1 aliphatic carbocycles. The summed E-state index contributed by atoms with van der Waals surface area (Å²) in [6.45, 7) is 3.35. The molecular weight excluding hydrogens is 142 g/mol. The van der Waals surface area contributed by atoms with E-state index < -0.39 is 0 Å². The van der Waals surface area contributed by atoms with Gasteiger partial charge in [0.05, 0.1) is 6.61 Å². The predicted molar refractivity (Wildman–Crippen MR) is 40.0 cm³/mol. The zero-order valence-electron chi connectivity index (χ0n) is 6.67. The summed E-state index contributed by atoms with van der Waals surface area (Å²) >= 11 is 0. The molecule has 1 N–H and O–H groups in total. The van der Waals surface area contributed by atoms with Crippen LogP contribution in [0.1, 0.15) is 13.3 Å². The monoisotopic (exact) mass is 155 g/mol. The minimum absolute atomic E-state index is 0.0138. The molecule has 0 radical (unpaired) electrons. The number of carbonyl (C=O) groups is 1. The van der Waals surface area contributed by atoms with Crippen molar-refractivity contribution in [3.63, 3.8) is 0 Å². The van der Waals surface area contributed by atoms with Gasteiger partial charge in [0.1, 0.15) is 6.04 Å². The molecule has 2 aliphatic rings. The van der Waals surface area contributed by atoms with Crippen LogP contribution in [0.4, 0.5) is 0 Å². The lowest BCUT2D eigenvalue weighted by atomic mass is 10.2. The lowest BCUT2D eigenvalue weighted by molar-refractivity contribution is -0.145. The largest absolute Gasteiger partial charge is 0.465 e. The highest BCUT2D eigenvalue weighted by Crippen LogP contribution is 2.45. The first-order chi connectivity index (χ1) is 5.33. The summed E-state index contributed by atoms with van der Waals surface area (Å²) in [4.78, 5) is 11.2. The molecule has 1 saturated carbocycles. The van der Waals surface area contributed by atoms with Crippen LogP contribution in [0, 0.1) is 11.8 Å². The molecule has 1 saturated heterocycles. The number of rotatable bonds is 2. The molecule has 0 amide bonds. The van der Waals surface area contributed by atoms with Crippen LogP contribution in [-0.2, 0) is 9.53 Å². The van der Waals surface area contributed by atoms with E-state index in [1.54, 1.807) is 0 Å². The Morgan fingerprint density at radius 1 is 1.73 bits per heavy atom. The number of ether oxygens (including phenoxy) is 1. The summed E-state index contributed by atoms with van der Waals surface area (Å²) < 4.78 is 4.92. The van der Waals surface area contributed by atoms with E-state index in [1.807, 2.05) is 6.92 Å². The van der Waals surface area contributed by atoms with E-state index in [4.69, 9.17) is 4.74 Å². The van der Waals surface area contributed by atoms with Gasteiger partial charge < -0.3 is 10.1 Å². The van der Waals surface area contributed by atoms with Gasteiger partial charge in [-0.15, -0.1) is 0 Å². The van der Waals surface area contributed by atoms with Gasteiger partial charge in [-0.3, -0.25) is 4.79 Å². The molecule has 11 heavy (non-hydrogen) atoms. The molecule has 1 unspecified atom stereocenters. The van der Waals surface area contributed by atoms with Gasteiger partial charge in [0.25, 0.3) is 0 Å². The Bertz CT molecular complexity index is 181. The van der Waals surface area contributed by atoms with Crippen LogP contribution < -0.4 is 5.32 Å². The highest BCUT2D eigenvalue weighted by atomic mass is 16.5. The highest BCUT2D eigenvalue weighted by Gasteiger charge is 2.51. The number of hydrogen-bond acceptors (Lipinski definition) is 3. The average Bonchev–Trinajstić information content (AvgIpc) is 2.63. The third-order valence-electron chi connectivity index (χ3n) is 2.55. The molecule has 3 atom stereocenters. The molecule has 62 valence electrons. The Hall–Kier alpha value is -0.570. The molecule has 1 aliphatic heterocycles. The van der Waals surface area contributed by atoms with Crippen molar-refractivity contribution in [1.82, 2.24) is 5.32 Å². The van der Waals surface area contributed by atoms with Crippen molar-refractivity contribution >= 4 is 5.97 Å². The summed E-state index contributed by atoms with van der Waals surface area (Å²) in [6, 6.07) is 0.0138. The van der Waals surface area contributed by atoms with Gasteiger partial charge in [-0.2, -0.15) is 0 Å². The molecule has 0 aromatic carbocycles. The molecule has 0 bridgehead atoms. The number of fused-ring (bicyclic) bond motifs is 1. The molecule has 1 heterocycles. The van der Waals surface area contributed by atoms with Crippen LogP contribution in [0.15, 0.2) is 0 Å². The molecular formula is C8H13NO2. The summed E-state index contributed by atoms with van der Waals surface area (Å²) in [5.74, 6) is 1.30. The van der Waals surface area contributed by atoms with Gasteiger partial charge in [-0.25, -0.2) is 0 Å². The first kappa shape index (κ1) is 7.10. The summed E-state index contributed by atoms with van der Waals surface area (Å²) in [5.41, 5.74) is 0. The maximum atomic E-state index is 11.2. The Balaban J connectivity index is 1.89. The van der Waals surface area contributed by atoms with E-state index in [0.29, 0.717) is 12.5 Å². The molecule has 0 aromatic heterocycles. The fourth-order valence-electron chi connectivity index (χ4n) is 1.83. The quantitative estimate of drug-likeness (QED) is 0.577. The number of nitrogens with one attached hydrogen (secondary N) is 1. The molecule has 0 spiro atoms. The second-order valence-electron chi connectivity index (χ2n) is 3.30. The normalized spacial score (nSPS) is 39.9. The van der Waals surface area contributed by atoms with E-state index >= 15 is 0 Å². The van der Waals surface area contributed by atoms with E-state index in [1.165, 1.54) is 6.42 Å². The van der Waals surface area contributed by atoms with Crippen LogP contribution in [0.5, 0.6) is 0 Å². The van der Waals surface area contributed by atoms with Crippen LogP contribution in [0.2, 0.25) is 0 Å². The number of esters is 1. The fraction of sp³-hybridized carbons (Fsp3) is 0.875. The Kier molecular flexibility index (Phi) is 1.60. The molecule has 3 nitrogen and oxygen atoms in total. The van der Waals surface area contributed by atoms with Crippen molar-refractivity contribution in [2.24, 2.45) is 11.8 Å². The lowest BCUT2D eigenvalue weighted by Gasteiger charge is -2.10. The minimum Gasteiger partial charge on any atom is -0.465 e. The van der Waals surface area contributed by atoms with Crippen LogP contribution in [0.3, 0.4) is 0 Å². The van der Waals surface area contributed by atoms with Crippen LogP contribution >= 0.6 is 0 Å². The zero-order chi connectivity index (χ0) is 7.84. The Labute approximate surface area is 66.1 Å². The lowest BCUT2D eigenvalue weighted by Crippen LogP contribution is -2.36. The van der Waals surface area contributed by atoms with E-state index in [-0.39, 0.29) is 12.0 Å².